The van der Waals surface area contributed by atoms with Gasteiger partial charge in [-0.2, -0.15) is 0 Å². The van der Waals surface area contributed by atoms with Gasteiger partial charge in [-0.15, -0.1) is 0 Å². The van der Waals surface area contributed by atoms with Crippen molar-refractivity contribution in [1.82, 2.24) is 5.32 Å². The van der Waals surface area contributed by atoms with E-state index in [9.17, 15) is 0 Å². The first-order chi connectivity index (χ1) is 8.63. The van der Waals surface area contributed by atoms with Crippen molar-refractivity contribution >= 4 is 21.6 Å². The Hall–Kier alpha value is -0.540. The number of anilines is 1. The molecule has 1 aliphatic rings. The van der Waals surface area contributed by atoms with Gasteiger partial charge in [0.2, 0.25) is 0 Å². The van der Waals surface area contributed by atoms with Gasteiger partial charge in [0.05, 0.1) is 0 Å². The Labute approximate surface area is 119 Å². The lowest BCUT2D eigenvalue weighted by Gasteiger charge is -2.27. The fourth-order valence-electron chi connectivity index (χ4n) is 2.29. The molecule has 0 amide bonds. The highest BCUT2D eigenvalue weighted by Gasteiger charge is 2.30. The maximum Gasteiger partial charge on any atom is 0.0377 e. The van der Waals surface area contributed by atoms with E-state index in [1.165, 1.54) is 28.6 Å². The molecule has 0 aromatic heterocycles. The largest absolute Gasteiger partial charge is 0.372 e. The molecule has 100 valence electrons. The second kappa shape index (κ2) is 6.07. The minimum atomic E-state index is 0.650. The summed E-state index contributed by atoms with van der Waals surface area (Å²) in [6.07, 6.45) is 2.79. The number of hydrogen-bond donors (Lipinski definition) is 1. The van der Waals surface area contributed by atoms with Crippen molar-refractivity contribution in [3.8, 4) is 0 Å². The molecule has 1 unspecified atom stereocenters. The van der Waals surface area contributed by atoms with E-state index in [1.54, 1.807) is 0 Å². The zero-order valence-electron chi connectivity index (χ0n) is 11.5. The average Bonchev–Trinajstić information content (AvgIpc) is 3.19. The molecule has 0 saturated heterocycles. The lowest BCUT2D eigenvalue weighted by Crippen LogP contribution is -2.30. The van der Waals surface area contributed by atoms with Crippen molar-refractivity contribution in [3.05, 3.63) is 28.2 Å². The van der Waals surface area contributed by atoms with Crippen molar-refractivity contribution in [2.24, 2.45) is 5.92 Å². The van der Waals surface area contributed by atoms with E-state index in [1.807, 2.05) is 0 Å². The van der Waals surface area contributed by atoms with Gasteiger partial charge >= 0.3 is 0 Å². The van der Waals surface area contributed by atoms with E-state index in [4.69, 9.17) is 0 Å². The normalized spacial score (nSPS) is 16.7. The third kappa shape index (κ3) is 3.27. The number of rotatable bonds is 6. The molecule has 1 aromatic carbocycles. The Morgan fingerprint density at radius 2 is 2.17 bits per heavy atom. The van der Waals surface area contributed by atoms with Crippen LogP contribution in [-0.2, 0) is 6.54 Å². The molecule has 1 aromatic rings. The SMILES string of the molecule is CCNCc1ccc(N(C)C(C)C2CC2)cc1Br. The minimum Gasteiger partial charge on any atom is -0.372 e. The minimum absolute atomic E-state index is 0.650. The third-order valence-corrected chi connectivity index (χ3v) is 4.66. The Morgan fingerprint density at radius 3 is 2.72 bits per heavy atom. The molecule has 0 bridgehead atoms. The molecule has 1 aliphatic carbocycles. The molecule has 18 heavy (non-hydrogen) atoms. The van der Waals surface area contributed by atoms with Crippen molar-refractivity contribution in [1.29, 1.82) is 0 Å². The first-order valence-corrected chi connectivity index (χ1v) is 7.64. The molecular formula is C15H23BrN2. The maximum absolute atomic E-state index is 3.68. The number of hydrogen-bond acceptors (Lipinski definition) is 2. The van der Waals surface area contributed by atoms with Crippen LogP contribution in [0, 0.1) is 5.92 Å². The Bertz CT molecular complexity index is 401. The summed E-state index contributed by atoms with van der Waals surface area (Å²) >= 11 is 3.68. The zero-order chi connectivity index (χ0) is 13.1. The quantitative estimate of drug-likeness (QED) is 0.860. The number of benzene rings is 1. The van der Waals surface area contributed by atoms with E-state index in [2.05, 4.69) is 65.2 Å². The van der Waals surface area contributed by atoms with Crippen LogP contribution in [0.1, 0.15) is 32.3 Å². The molecule has 0 spiro atoms. The van der Waals surface area contributed by atoms with Crippen LogP contribution in [0.3, 0.4) is 0 Å². The van der Waals surface area contributed by atoms with Gasteiger partial charge in [-0.1, -0.05) is 28.9 Å². The van der Waals surface area contributed by atoms with Crippen LogP contribution < -0.4 is 10.2 Å². The van der Waals surface area contributed by atoms with Gasteiger partial charge in [-0.25, -0.2) is 0 Å². The number of nitrogens with one attached hydrogen (secondary N) is 1. The van der Waals surface area contributed by atoms with Gasteiger partial charge in [0.15, 0.2) is 0 Å². The summed E-state index contributed by atoms with van der Waals surface area (Å²) in [6.45, 7) is 6.40. The van der Waals surface area contributed by atoms with Gasteiger partial charge in [0.25, 0.3) is 0 Å². The summed E-state index contributed by atoms with van der Waals surface area (Å²) in [6, 6.07) is 7.34. The molecule has 0 aliphatic heterocycles. The smallest absolute Gasteiger partial charge is 0.0377 e. The summed E-state index contributed by atoms with van der Waals surface area (Å²) in [5, 5.41) is 3.36. The van der Waals surface area contributed by atoms with Crippen LogP contribution in [0.2, 0.25) is 0 Å². The summed E-state index contributed by atoms with van der Waals surface area (Å²) < 4.78 is 1.20. The average molecular weight is 311 g/mol. The summed E-state index contributed by atoms with van der Waals surface area (Å²) in [5.41, 5.74) is 2.63. The predicted octanol–water partition coefficient (Wildman–Crippen LogP) is 3.79. The number of halogens is 1. The lowest BCUT2D eigenvalue weighted by molar-refractivity contribution is 0.609. The van der Waals surface area contributed by atoms with Crippen molar-refractivity contribution in [3.63, 3.8) is 0 Å². The van der Waals surface area contributed by atoms with Crippen LogP contribution in [-0.4, -0.2) is 19.6 Å². The molecule has 1 saturated carbocycles. The zero-order valence-corrected chi connectivity index (χ0v) is 13.1. The maximum atomic E-state index is 3.68. The van der Waals surface area contributed by atoms with E-state index < -0.39 is 0 Å². The van der Waals surface area contributed by atoms with Gasteiger partial charge in [0, 0.05) is 29.8 Å². The fraction of sp³-hybridized carbons (Fsp3) is 0.600. The molecule has 2 nitrogen and oxygen atoms in total. The molecule has 3 heteroatoms. The summed E-state index contributed by atoms with van der Waals surface area (Å²) in [4.78, 5) is 2.40. The number of nitrogens with zero attached hydrogens (tertiary/aromatic N) is 1. The van der Waals surface area contributed by atoms with E-state index >= 15 is 0 Å². The molecule has 1 atom stereocenters. The van der Waals surface area contributed by atoms with Gasteiger partial charge < -0.3 is 10.2 Å². The monoisotopic (exact) mass is 310 g/mol. The van der Waals surface area contributed by atoms with Crippen LogP contribution in [0.25, 0.3) is 0 Å². The second-order valence-corrected chi connectivity index (χ2v) is 6.10. The van der Waals surface area contributed by atoms with Gasteiger partial charge in [-0.3, -0.25) is 0 Å². The Morgan fingerprint density at radius 1 is 1.44 bits per heavy atom. The van der Waals surface area contributed by atoms with Crippen LogP contribution >= 0.6 is 15.9 Å². The molecular weight excluding hydrogens is 288 g/mol. The molecule has 0 heterocycles. The van der Waals surface area contributed by atoms with Crippen LogP contribution in [0.15, 0.2) is 22.7 Å². The molecule has 2 rings (SSSR count). The molecule has 1 N–H and O–H groups in total. The highest BCUT2D eigenvalue weighted by molar-refractivity contribution is 9.10. The first-order valence-electron chi connectivity index (χ1n) is 6.85. The first kappa shape index (κ1) is 13.9. The highest BCUT2D eigenvalue weighted by atomic mass is 79.9. The van der Waals surface area contributed by atoms with E-state index in [0.29, 0.717) is 6.04 Å². The standard InChI is InChI=1S/C15H23BrN2/c1-4-17-10-13-7-8-14(9-15(13)16)18(3)11(2)12-5-6-12/h7-9,11-12,17H,4-6,10H2,1-3H3. The van der Waals surface area contributed by atoms with E-state index in [-0.39, 0.29) is 0 Å². The highest BCUT2D eigenvalue weighted by Crippen LogP contribution is 2.36. The third-order valence-electron chi connectivity index (χ3n) is 3.92. The Kier molecular flexibility index (Phi) is 4.68. The second-order valence-electron chi connectivity index (χ2n) is 5.24. The lowest BCUT2D eigenvalue weighted by atomic mass is 10.1. The van der Waals surface area contributed by atoms with Gasteiger partial charge in [-0.05, 0) is 49.9 Å². The van der Waals surface area contributed by atoms with Crippen molar-refractivity contribution in [2.45, 2.75) is 39.3 Å². The Balaban J connectivity index is 2.07. The molecule has 1 fully saturated rings. The fourth-order valence-corrected chi connectivity index (χ4v) is 2.80. The van der Waals surface area contributed by atoms with Crippen LogP contribution in [0.4, 0.5) is 5.69 Å². The topological polar surface area (TPSA) is 15.3 Å². The van der Waals surface area contributed by atoms with Crippen molar-refractivity contribution in [2.75, 3.05) is 18.5 Å². The van der Waals surface area contributed by atoms with E-state index in [0.717, 1.165) is 19.0 Å². The van der Waals surface area contributed by atoms with Crippen LogP contribution in [0.5, 0.6) is 0 Å². The van der Waals surface area contributed by atoms with Crippen molar-refractivity contribution < 1.29 is 0 Å². The summed E-state index contributed by atoms with van der Waals surface area (Å²) in [5.74, 6) is 0.898. The molecule has 0 radical (unpaired) electrons. The predicted molar refractivity (Wildman–Crippen MR) is 82.1 cm³/mol. The summed E-state index contributed by atoms with van der Waals surface area (Å²) in [7, 11) is 2.20. The van der Waals surface area contributed by atoms with Gasteiger partial charge in [0.1, 0.15) is 0 Å².